The average Bonchev–Trinajstić information content (AvgIpc) is 2.34. The first-order chi connectivity index (χ1) is 8.11. The van der Waals surface area contributed by atoms with Crippen LogP contribution < -0.4 is 14.8 Å². The van der Waals surface area contributed by atoms with Crippen LogP contribution in [-0.2, 0) is 0 Å². The average molecular weight is 240 g/mol. The number of quaternary nitrogens is 1. The third-order valence-corrected chi connectivity index (χ3v) is 2.38. The van der Waals surface area contributed by atoms with Gasteiger partial charge in [-0.25, -0.2) is 0 Å². The standard InChI is InChI=1S/C13H21NO3/c1-10(2)14-8-11(15)9-17-13-6-4-12(16-3)5-7-13/h4-7,10-11,14-15H,8-9H2,1-3H3/p+1/t11-/m1/s1. The number of nitrogens with two attached hydrogens (primary N) is 1. The smallest absolute Gasteiger partial charge is 0.137 e. The highest BCUT2D eigenvalue weighted by Gasteiger charge is 2.08. The predicted molar refractivity (Wildman–Crippen MR) is 66.4 cm³/mol. The maximum atomic E-state index is 9.68. The summed E-state index contributed by atoms with van der Waals surface area (Å²) in [5.41, 5.74) is 0. The number of methoxy groups -OCH3 is 1. The largest absolute Gasteiger partial charge is 0.497 e. The van der Waals surface area contributed by atoms with E-state index in [0.29, 0.717) is 19.2 Å². The Balaban J connectivity index is 2.29. The first-order valence-electron chi connectivity index (χ1n) is 5.90. The van der Waals surface area contributed by atoms with E-state index in [1.807, 2.05) is 24.3 Å². The van der Waals surface area contributed by atoms with E-state index in [1.54, 1.807) is 7.11 Å². The molecule has 0 spiro atoms. The molecular formula is C13H22NO3+. The molecule has 1 rings (SSSR count). The molecule has 96 valence electrons. The molecule has 0 aromatic heterocycles. The molecule has 4 nitrogen and oxygen atoms in total. The Morgan fingerprint density at radius 3 is 2.29 bits per heavy atom. The highest BCUT2D eigenvalue weighted by atomic mass is 16.5. The van der Waals surface area contributed by atoms with Crippen molar-refractivity contribution in [3.8, 4) is 11.5 Å². The lowest BCUT2D eigenvalue weighted by molar-refractivity contribution is -0.688. The second-order valence-electron chi connectivity index (χ2n) is 4.36. The van der Waals surface area contributed by atoms with Gasteiger partial charge in [-0.05, 0) is 38.1 Å². The summed E-state index contributed by atoms with van der Waals surface area (Å²) in [6.07, 6.45) is -0.445. The number of rotatable bonds is 7. The molecule has 0 aliphatic carbocycles. The maximum Gasteiger partial charge on any atom is 0.137 e. The van der Waals surface area contributed by atoms with E-state index in [-0.39, 0.29) is 0 Å². The molecule has 0 unspecified atom stereocenters. The van der Waals surface area contributed by atoms with Gasteiger partial charge in [0.2, 0.25) is 0 Å². The third-order valence-electron chi connectivity index (χ3n) is 2.38. The van der Waals surface area contributed by atoms with E-state index >= 15 is 0 Å². The second kappa shape index (κ2) is 7.14. The molecule has 0 saturated heterocycles. The number of hydrogen-bond donors (Lipinski definition) is 2. The molecule has 0 fully saturated rings. The van der Waals surface area contributed by atoms with Crippen LogP contribution in [0.5, 0.6) is 11.5 Å². The summed E-state index contributed by atoms with van der Waals surface area (Å²) in [7, 11) is 1.63. The minimum absolute atomic E-state index is 0.315. The van der Waals surface area contributed by atoms with Crippen LogP contribution in [0.3, 0.4) is 0 Å². The van der Waals surface area contributed by atoms with E-state index in [9.17, 15) is 5.11 Å². The fourth-order valence-electron chi connectivity index (χ4n) is 1.36. The molecule has 0 bridgehead atoms. The Kier molecular flexibility index (Phi) is 5.80. The van der Waals surface area contributed by atoms with Gasteiger partial charge in [-0.1, -0.05) is 0 Å². The quantitative estimate of drug-likeness (QED) is 0.725. The molecule has 0 aliphatic heterocycles. The van der Waals surface area contributed by atoms with Crippen molar-refractivity contribution in [3.63, 3.8) is 0 Å². The molecule has 0 amide bonds. The number of hydrogen-bond acceptors (Lipinski definition) is 3. The predicted octanol–water partition coefficient (Wildman–Crippen LogP) is 0.407. The maximum absolute atomic E-state index is 9.68. The Hall–Kier alpha value is -1.26. The molecule has 1 atom stereocenters. The van der Waals surface area contributed by atoms with Gasteiger partial charge in [-0.15, -0.1) is 0 Å². The van der Waals surface area contributed by atoms with Crippen LogP contribution >= 0.6 is 0 Å². The molecule has 0 saturated carbocycles. The molecule has 1 aromatic rings. The number of ether oxygens (including phenoxy) is 2. The van der Waals surface area contributed by atoms with E-state index in [0.717, 1.165) is 11.5 Å². The van der Waals surface area contributed by atoms with Crippen molar-refractivity contribution in [1.29, 1.82) is 0 Å². The summed E-state index contributed by atoms with van der Waals surface area (Å²) in [5.74, 6) is 1.54. The summed E-state index contributed by atoms with van der Waals surface area (Å²) in [5, 5.41) is 11.8. The Bertz CT molecular complexity index is 311. The highest BCUT2D eigenvalue weighted by Crippen LogP contribution is 2.16. The van der Waals surface area contributed by atoms with Crippen molar-refractivity contribution in [2.75, 3.05) is 20.3 Å². The van der Waals surface area contributed by atoms with Gasteiger partial charge in [0.25, 0.3) is 0 Å². The van der Waals surface area contributed by atoms with Crippen molar-refractivity contribution >= 4 is 0 Å². The minimum atomic E-state index is -0.445. The molecule has 3 N–H and O–H groups in total. The van der Waals surface area contributed by atoms with Crippen LogP contribution in [0.2, 0.25) is 0 Å². The van der Waals surface area contributed by atoms with Crippen molar-refractivity contribution in [2.45, 2.75) is 26.0 Å². The fraction of sp³-hybridized carbons (Fsp3) is 0.538. The lowest BCUT2D eigenvalue weighted by Crippen LogP contribution is -2.90. The lowest BCUT2D eigenvalue weighted by atomic mass is 10.3. The molecule has 17 heavy (non-hydrogen) atoms. The molecule has 0 heterocycles. The van der Waals surface area contributed by atoms with Gasteiger partial charge in [0.1, 0.15) is 30.8 Å². The molecule has 0 radical (unpaired) electrons. The highest BCUT2D eigenvalue weighted by molar-refractivity contribution is 5.31. The van der Waals surface area contributed by atoms with Gasteiger partial charge in [0, 0.05) is 0 Å². The van der Waals surface area contributed by atoms with Crippen molar-refractivity contribution in [1.82, 2.24) is 0 Å². The van der Waals surface area contributed by atoms with Gasteiger partial charge in [-0.3, -0.25) is 0 Å². The van der Waals surface area contributed by atoms with E-state index in [2.05, 4.69) is 19.2 Å². The Labute approximate surface area is 103 Å². The van der Waals surface area contributed by atoms with E-state index < -0.39 is 6.10 Å². The summed E-state index contributed by atoms with van der Waals surface area (Å²) >= 11 is 0. The second-order valence-corrected chi connectivity index (χ2v) is 4.36. The van der Waals surface area contributed by atoms with Crippen molar-refractivity contribution in [3.05, 3.63) is 24.3 Å². The van der Waals surface area contributed by atoms with Gasteiger partial charge in [0.05, 0.1) is 13.2 Å². The van der Waals surface area contributed by atoms with Crippen LogP contribution in [0.15, 0.2) is 24.3 Å². The normalized spacial score (nSPS) is 12.5. The Morgan fingerprint density at radius 2 is 1.76 bits per heavy atom. The van der Waals surface area contributed by atoms with Crippen LogP contribution in [-0.4, -0.2) is 37.5 Å². The van der Waals surface area contributed by atoms with Crippen molar-refractivity contribution in [2.24, 2.45) is 0 Å². The summed E-state index contributed by atoms with van der Waals surface area (Å²) in [6.45, 7) is 5.16. The summed E-state index contributed by atoms with van der Waals surface area (Å²) < 4.78 is 10.5. The van der Waals surface area contributed by atoms with Crippen LogP contribution in [0.25, 0.3) is 0 Å². The SMILES string of the molecule is COc1ccc(OC[C@H](O)C[NH2+]C(C)C)cc1. The first-order valence-corrected chi connectivity index (χ1v) is 5.90. The zero-order valence-electron chi connectivity index (χ0n) is 10.7. The monoisotopic (exact) mass is 240 g/mol. The molecule has 0 aliphatic rings. The fourth-order valence-corrected chi connectivity index (χ4v) is 1.36. The van der Waals surface area contributed by atoms with Gasteiger partial charge < -0.3 is 19.9 Å². The van der Waals surface area contributed by atoms with Crippen molar-refractivity contribution < 1.29 is 19.9 Å². The molecule has 4 heteroatoms. The summed E-state index contributed by atoms with van der Waals surface area (Å²) in [6, 6.07) is 7.82. The molecule has 1 aromatic carbocycles. The lowest BCUT2D eigenvalue weighted by Gasteiger charge is -2.13. The molecular weight excluding hydrogens is 218 g/mol. The summed E-state index contributed by atoms with van der Waals surface area (Å²) in [4.78, 5) is 0. The van der Waals surface area contributed by atoms with E-state index in [1.165, 1.54) is 0 Å². The number of aliphatic hydroxyl groups excluding tert-OH is 1. The minimum Gasteiger partial charge on any atom is -0.497 e. The van der Waals surface area contributed by atoms with Gasteiger partial charge in [-0.2, -0.15) is 0 Å². The van der Waals surface area contributed by atoms with Gasteiger partial charge >= 0.3 is 0 Å². The van der Waals surface area contributed by atoms with Crippen LogP contribution in [0.1, 0.15) is 13.8 Å². The zero-order chi connectivity index (χ0) is 12.7. The van der Waals surface area contributed by atoms with E-state index in [4.69, 9.17) is 9.47 Å². The van der Waals surface area contributed by atoms with Crippen LogP contribution in [0.4, 0.5) is 0 Å². The first kappa shape index (κ1) is 13.8. The zero-order valence-corrected chi connectivity index (χ0v) is 10.7. The third kappa shape index (κ3) is 5.56. The number of aliphatic hydroxyl groups is 1. The Morgan fingerprint density at radius 1 is 1.18 bits per heavy atom. The number of benzene rings is 1. The van der Waals surface area contributed by atoms with Gasteiger partial charge in [0.15, 0.2) is 0 Å². The van der Waals surface area contributed by atoms with Crippen LogP contribution in [0, 0.1) is 0 Å². The topological polar surface area (TPSA) is 55.3 Å².